The SMILES string of the molecule is C[C@@H]1CCC[NH+](C[C@H](O)COc2ccc3c4c(c(=O)oc3c2)CCC4)C1. The van der Waals surface area contributed by atoms with Gasteiger partial charge in [-0.2, -0.15) is 0 Å². The Bertz CT molecular complexity index is 844. The van der Waals surface area contributed by atoms with Gasteiger partial charge in [-0.25, -0.2) is 4.79 Å². The lowest BCUT2D eigenvalue weighted by Crippen LogP contribution is -3.14. The lowest BCUT2D eigenvalue weighted by atomic mass is 10.0. The van der Waals surface area contributed by atoms with Crippen LogP contribution in [0.3, 0.4) is 0 Å². The summed E-state index contributed by atoms with van der Waals surface area (Å²) in [4.78, 5) is 13.6. The molecule has 3 atom stereocenters. The van der Waals surface area contributed by atoms with Gasteiger partial charge in [0.15, 0.2) is 0 Å². The minimum atomic E-state index is -0.488. The molecule has 1 unspecified atom stereocenters. The smallest absolute Gasteiger partial charge is 0.339 e. The summed E-state index contributed by atoms with van der Waals surface area (Å²) < 4.78 is 11.3. The third-order valence-electron chi connectivity index (χ3n) is 5.78. The van der Waals surface area contributed by atoms with Gasteiger partial charge in [0.05, 0.1) is 13.1 Å². The lowest BCUT2D eigenvalue weighted by Gasteiger charge is -2.29. The fourth-order valence-corrected chi connectivity index (χ4v) is 4.52. The highest BCUT2D eigenvalue weighted by atomic mass is 16.5. The molecular formula is C21H28NO4+. The van der Waals surface area contributed by atoms with E-state index >= 15 is 0 Å². The minimum absolute atomic E-state index is 0.218. The van der Waals surface area contributed by atoms with Crippen molar-refractivity contribution in [2.45, 2.75) is 45.1 Å². The highest BCUT2D eigenvalue weighted by molar-refractivity contribution is 5.83. The molecule has 0 amide bonds. The van der Waals surface area contributed by atoms with Crippen molar-refractivity contribution in [3.8, 4) is 5.75 Å². The number of ether oxygens (including phenoxy) is 1. The number of aryl methyl sites for hydroxylation is 1. The number of aliphatic hydroxyl groups excluding tert-OH is 1. The quantitative estimate of drug-likeness (QED) is 0.792. The normalized spacial score (nSPS) is 23.8. The molecule has 2 aromatic rings. The first kappa shape index (κ1) is 17.6. The molecule has 1 aromatic carbocycles. The average molecular weight is 358 g/mol. The van der Waals surface area contributed by atoms with Crippen LogP contribution in [-0.2, 0) is 12.8 Å². The van der Waals surface area contributed by atoms with E-state index in [0.29, 0.717) is 11.3 Å². The molecule has 140 valence electrons. The first-order valence-corrected chi connectivity index (χ1v) is 9.83. The largest absolute Gasteiger partial charge is 0.491 e. The lowest BCUT2D eigenvalue weighted by molar-refractivity contribution is -0.911. The highest BCUT2D eigenvalue weighted by Crippen LogP contribution is 2.29. The number of piperidine rings is 1. The van der Waals surface area contributed by atoms with Crippen LogP contribution >= 0.6 is 0 Å². The molecule has 1 aromatic heterocycles. The standard InChI is InChI=1S/C21H27NO4/c1-14-4-3-9-22(11-14)12-15(23)13-25-16-7-8-18-17-5-2-6-19(17)21(24)26-20(18)10-16/h7-8,10,14-15,23H,2-6,9,11-13H2,1H3/p+1/t14-,15+/m1/s1. The first-order chi connectivity index (χ1) is 12.6. The molecule has 1 aliphatic carbocycles. The van der Waals surface area contributed by atoms with E-state index < -0.39 is 6.10 Å². The van der Waals surface area contributed by atoms with Crippen LogP contribution in [0, 0.1) is 5.92 Å². The van der Waals surface area contributed by atoms with Gasteiger partial charge in [-0.15, -0.1) is 0 Å². The number of benzene rings is 1. The van der Waals surface area contributed by atoms with Crippen LogP contribution in [0.25, 0.3) is 11.0 Å². The monoisotopic (exact) mass is 358 g/mol. The van der Waals surface area contributed by atoms with Crippen LogP contribution in [0.15, 0.2) is 27.4 Å². The molecule has 0 spiro atoms. The van der Waals surface area contributed by atoms with Gasteiger partial charge >= 0.3 is 5.63 Å². The summed E-state index contributed by atoms with van der Waals surface area (Å²) in [7, 11) is 0. The summed E-state index contributed by atoms with van der Waals surface area (Å²) in [6, 6.07) is 5.66. The third-order valence-corrected chi connectivity index (χ3v) is 5.78. The van der Waals surface area contributed by atoms with Gasteiger partial charge in [-0.1, -0.05) is 6.92 Å². The van der Waals surface area contributed by atoms with E-state index in [4.69, 9.17) is 9.15 Å². The van der Waals surface area contributed by atoms with Gasteiger partial charge in [0.1, 0.15) is 30.6 Å². The number of fused-ring (bicyclic) bond motifs is 3. The van der Waals surface area contributed by atoms with Crippen molar-refractivity contribution in [1.82, 2.24) is 0 Å². The topological polar surface area (TPSA) is 64.1 Å². The van der Waals surface area contributed by atoms with Crippen molar-refractivity contribution in [2.24, 2.45) is 5.92 Å². The molecule has 2 N–H and O–H groups in total. The second-order valence-electron chi connectivity index (χ2n) is 7.98. The first-order valence-electron chi connectivity index (χ1n) is 9.83. The number of hydrogen-bond acceptors (Lipinski definition) is 4. The van der Waals surface area contributed by atoms with Gasteiger partial charge in [-0.05, 0) is 49.8 Å². The number of aliphatic hydroxyl groups is 1. The van der Waals surface area contributed by atoms with Crippen molar-refractivity contribution in [2.75, 3.05) is 26.2 Å². The maximum atomic E-state index is 12.1. The number of nitrogens with one attached hydrogen (secondary N) is 1. The fraction of sp³-hybridized carbons (Fsp3) is 0.571. The van der Waals surface area contributed by atoms with E-state index in [1.54, 1.807) is 6.07 Å². The summed E-state index contributed by atoms with van der Waals surface area (Å²) in [6.07, 6.45) is 4.81. The number of likely N-dealkylation sites (tertiary alicyclic amines) is 1. The van der Waals surface area contributed by atoms with Crippen LogP contribution < -0.4 is 15.3 Å². The van der Waals surface area contributed by atoms with Gasteiger partial charge in [0, 0.05) is 22.9 Å². The van der Waals surface area contributed by atoms with Crippen LogP contribution in [0.1, 0.15) is 37.3 Å². The molecule has 1 fully saturated rings. The maximum Gasteiger partial charge on any atom is 0.339 e. The Balaban J connectivity index is 1.41. The predicted octanol–water partition coefficient (Wildman–Crippen LogP) is 1.34. The Kier molecular flexibility index (Phi) is 5.00. The number of quaternary nitrogens is 1. The van der Waals surface area contributed by atoms with Gasteiger partial charge in [0.2, 0.25) is 0 Å². The molecular weight excluding hydrogens is 330 g/mol. The molecule has 2 aliphatic rings. The zero-order valence-electron chi connectivity index (χ0n) is 15.4. The van der Waals surface area contributed by atoms with Crippen molar-refractivity contribution >= 4 is 11.0 Å². The molecule has 0 bridgehead atoms. The van der Waals surface area contributed by atoms with E-state index in [9.17, 15) is 9.90 Å². The van der Waals surface area contributed by atoms with Crippen molar-refractivity contribution in [3.63, 3.8) is 0 Å². The van der Waals surface area contributed by atoms with Crippen LogP contribution in [0.5, 0.6) is 5.75 Å². The van der Waals surface area contributed by atoms with E-state index in [0.717, 1.165) is 61.3 Å². The van der Waals surface area contributed by atoms with Crippen molar-refractivity contribution in [1.29, 1.82) is 0 Å². The summed E-state index contributed by atoms with van der Waals surface area (Å²) in [5, 5.41) is 11.3. The maximum absolute atomic E-state index is 12.1. The predicted molar refractivity (Wildman–Crippen MR) is 100.0 cm³/mol. The minimum Gasteiger partial charge on any atom is -0.491 e. The zero-order chi connectivity index (χ0) is 18.1. The van der Waals surface area contributed by atoms with Crippen molar-refractivity contribution in [3.05, 3.63) is 39.7 Å². The second-order valence-corrected chi connectivity index (χ2v) is 7.98. The molecule has 26 heavy (non-hydrogen) atoms. The zero-order valence-corrected chi connectivity index (χ0v) is 15.4. The van der Waals surface area contributed by atoms with Gasteiger partial charge in [0.25, 0.3) is 0 Å². The summed E-state index contributed by atoms with van der Waals surface area (Å²) in [6.45, 7) is 5.53. The van der Waals surface area contributed by atoms with E-state index in [1.807, 2.05) is 12.1 Å². The molecule has 4 rings (SSSR count). The van der Waals surface area contributed by atoms with E-state index in [1.165, 1.54) is 17.7 Å². The Morgan fingerprint density at radius 1 is 1.31 bits per heavy atom. The van der Waals surface area contributed by atoms with Crippen LogP contribution in [0.4, 0.5) is 0 Å². The van der Waals surface area contributed by atoms with E-state index in [2.05, 4.69) is 6.92 Å². The van der Waals surface area contributed by atoms with E-state index in [-0.39, 0.29) is 12.2 Å². The van der Waals surface area contributed by atoms with Gasteiger partial charge < -0.3 is 19.2 Å². The molecule has 5 heteroatoms. The molecule has 5 nitrogen and oxygen atoms in total. The number of rotatable bonds is 5. The Morgan fingerprint density at radius 3 is 3.00 bits per heavy atom. The second kappa shape index (κ2) is 7.41. The Labute approximate surface area is 153 Å². The molecule has 2 heterocycles. The van der Waals surface area contributed by atoms with Gasteiger partial charge in [-0.3, -0.25) is 0 Å². The summed E-state index contributed by atoms with van der Waals surface area (Å²) in [5.41, 5.74) is 2.33. The Hall–Kier alpha value is -1.85. The molecule has 0 radical (unpaired) electrons. The fourth-order valence-electron chi connectivity index (χ4n) is 4.52. The average Bonchev–Trinajstić information content (AvgIpc) is 3.10. The Morgan fingerprint density at radius 2 is 2.15 bits per heavy atom. The highest BCUT2D eigenvalue weighted by Gasteiger charge is 2.23. The summed E-state index contributed by atoms with van der Waals surface area (Å²) in [5.74, 6) is 1.37. The van der Waals surface area contributed by atoms with Crippen LogP contribution in [-0.4, -0.2) is 37.5 Å². The molecule has 1 saturated heterocycles. The molecule has 1 aliphatic heterocycles. The molecule has 0 saturated carbocycles. The van der Waals surface area contributed by atoms with Crippen molar-refractivity contribution < 1.29 is 19.2 Å². The van der Waals surface area contributed by atoms with Crippen LogP contribution in [0.2, 0.25) is 0 Å². The summed E-state index contributed by atoms with van der Waals surface area (Å²) >= 11 is 0. The third kappa shape index (κ3) is 3.64. The number of hydrogen-bond donors (Lipinski definition) is 2.